The SMILES string of the molecule is CCN(c1ccnc(C(=O)NC(C)c2ccccc2)c1)C1CCS(=O)(=O)C1. The lowest BCUT2D eigenvalue weighted by Gasteiger charge is -2.29. The molecule has 1 aliphatic rings. The molecule has 2 aromatic rings. The van der Waals surface area contributed by atoms with Crippen LogP contribution >= 0.6 is 0 Å². The molecule has 0 spiro atoms. The highest BCUT2D eigenvalue weighted by Crippen LogP contribution is 2.24. The van der Waals surface area contributed by atoms with Gasteiger partial charge in [0, 0.05) is 24.5 Å². The highest BCUT2D eigenvalue weighted by molar-refractivity contribution is 7.91. The van der Waals surface area contributed by atoms with Crippen LogP contribution in [0.1, 0.15) is 42.4 Å². The van der Waals surface area contributed by atoms with Gasteiger partial charge in [-0.05, 0) is 38.0 Å². The van der Waals surface area contributed by atoms with E-state index in [4.69, 9.17) is 0 Å². The van der Waals surface area contributed by atoms with Crippen molar-refractivity contribution in [1.82, 2.24) is 10.3 Å². The van der Waals surface area contributed by atoms with Gasteiger partial charge >= 0.3 is 0 Å². The molecule has 0 aliphatic carbocycles. The standard InChI is InChI=1S/C20H25N3O3S/c1-3-23(18-10-12-27(25,26)14-18)17-9-11-21-19(13-17)20(24)22-15(2)16-7-5-4-6-8-16/h4-9,11,13,15,18H,3,10,12,14H2,1-2H3,(H,22,24). The zero-order chi connectivity index (χ0) is 19.4. The molecule has 1 aromatic carbocycles. The number of hydrogen-bond acceptors (Lipinski definition) is 5. The van der Waals surface area contributed by atoms with Gasteiger partial charge in [0.05, 0.1) is 17.5 Å². The molecule has 0 radical (unpaired) electrons. The van der Waals surface area contributed by atoms with Gasteiger partial charge in [-0.3, -0.25) is 9.78 Å². The molecule has 1 amide bonds. The molecule has 1 N–H and O–H groups in total. The topological polar surface area (TPSA) is 79.4 Å². The zero-order valence-corrected chi connectivity index (χ0v) is 16.4. The number of hydrogen-bond donors (Lipinski definition) is 1. The number of benzene rings is 1. The Morgan fingerprint density at radius 2 is 2.04 bits per heavy atom. The summed E-state index contributed by atoms with van der Waals surface area (Å²) in [6.45, 7) is 4.59. The molecule has 27 heavy (non-hydrogen) atoms. The van der Waals surface area contributed by atoms with Crippen LogP contribution in [0.25, 0.3) is 0 Å². The van der Waals surface area contributed by atoms with E-state index in [2.05, 4.69) is 10.3 Å². The van der Waals surface area contributed by atoms with Crippen LogP contribution in [-0.4, -0.2) is 43.4 Å². The smallest absolute Gasteiger partial charge is 0.270 e. The number of sulfone groups is 1. The second-order valence-corrected chi connectivity index (χ2v) is 9.08. The molecule has 6 nitrogen and oxygen atoms in total. The Labute approximate surface area is 160 Å². The van der Waals surface area contributed by atoms with E-state index in [1.807, 2.05) is 55.1 Å². The summed E-state index contributed by atoms with van der Waals surface area (Å²) in [4.78, 5) is 18.9. The molecule has 0 saturated carbocycles. The molecule has 2 atom stereocenters. The Bertz CT molecular complexity index is 900. The van der Waals surface area contributed by atoms with Crippen LogP contribution in [0, 0.1) is 0 Å². The van der Waals surface area contributed by atoms with Crippen molar-refractivity contribution in [2.75, 3.05) is 23.0 Å². The molecule has 1 aromatic heterocycles. The first-order valence-corrected chi connectivity index (χ1v) is 11.0. The average molecular weight is 388 g/mol. The lowest BCUT2D eigenvalue weighted by atomic mass is 10.1. The first-order valence-electron chi connectivity index (χ1n) is 9.18. The second kappa shape index (κ2) is 8.08. The van der Waals surface area contributed by atoms with Crippen molar-refractivity contribution in [1.29, 1.82) is 0 Å². The van der Waals surface area contributed by atoms with Gasteiger partial charge in [0.25, 0.3) is 5.91 Å². The Morgan fingerprint density at radius 1 is 1.30 bits per heavy atom. The first kappa shape index (κ1) is 19.4. The summed E-state index contributed by atoms with van der Waals surface area (Å²) in [5.74, 6) is 0.139. The maximum Gasteiger partial charge on any atom is 0.270 e. The molecule has 1 fully saturated rings. The normalized spacial score (nSPS) is 19.4. The largest absolute Gasteiger partial charge is 0.368 e. The van der Waals surface area contributed by atoms with E-state index in [-0.39, 0.29) is 29.5 Å². The highest BCUT2D eigenvalue weighted by Gasteiger charge is 2.32. The lowest BCUT2D eigenvalue weighted by molar-refractivity contribution is 0.0935. The lowest BCUT2D eigenvalue weighted by Crippen LogP contribution is -2.36. The van der Waals surface area contributed by atoms with Crippen molar-refractivity contribution in [2.24, 2.45) is 0 Å². The molecule has 0 bridgehead atoms. The summed E-state index contributed by atoms with van der Waals surface area (Å²) in [7, 11) is -2.97. The fourth-order valence-electron chi connectivity index (χ4n) is 3.49. The second-order valence-electron chi connectivity index (χ2n) is 6.85. The Kier molecular flexibility index (Phi) is 5.79. The number of nitrogens with one attached hydrogen (secondary N) is 1. The summed E-state index contributed by atoms with van der Waals surface area (Å²) >= 11 is 0. The highest BCUT2D eigenvalue weighted by atomic mass is 32.2. The van der Waals surface area contributed by atoms with Gasteiger partial charge in [-0.15, -0.1) is 0 Å². The van der Waals surface area contributed by atoms with Gasteiger partial charge in [-0.2, -0.15) is 0 Å². The molecule has 2 unspecified atom stereocenters. The summed E-state index contributed by atoms with van der Waals surface area (Å²) in [6, 6.07) is 13.1. The van der Waals surface area contributed by atoms with Gasteiger partial charge < -0.3 is 10.2 Å². The van der Waals surface area contributed by atoms with Crippen molar-refractivity contribution in [3.63, 3.8) is 0 Å². The van der Waals surface area contributed by atoms with E-state index >= 15 is 0 Å². The van der Waals surface area contributed by atoms with Gasteiger partial charge in [0.1, 0.15) is 5.69 Å². The molecular formula is C20H25N3O3S. The van der Waals surface area contributed by atoms with E-state index in [0.29, 0.717) is 18.7 Å². The fraction of sp³-hybridized carbons (Fsp3) is 0.400. The molecule has 1 saturated heterocycles. The predicted molar refractivity (Wildman–Crippen MR) is 107 cm³/mol. The number of aromatic nitrogens is 1. The summed E-state index contributed by atoms with van der Waals surface area (Å²) < 4.78 is 23.6. The van der Waals surface area contributed by atoms with Gasteiger partial charge in [0.2, 0.25) is 0 Å². The number of pyridine rings is 1. The van der Waals surface area contributed by atoms with Crippen molar-refractivity contribution in [2.45, 2.75) is 32.4 Å². The monoisotopic (exact) mass is 387 g/mol. The summed E-state index contributed by atoms with van der Waals surface area (Å²) in [6.07, 6.45) is 2.22. The van der Waals surface area contributed by atoms with Crippen LogP contribution in [0.15, 0.2) is 48.7 Å². The number of carbonyl (C=O) groups excluding carboxylic acids is 1. The predicted octanol–water partition coefficient (Wildman–Crippen LogP) is 2.59. The Hall–Kier alpha value is -2.41. The molecule has 2 heterocycles. The molecule has 7 heteroatoms. The van der Waals surface area contributed by atoms with Crippen molar-refractivity contribution in [3.8, 4) is 0 Å². The third kappa shape index (κ3) is 4.66. The van der Waals surface area contributed by atoms with Crippen LogP contribution in [0.4, 0.5) is 5.69 Å². The van der Waals surface area contributed by atoms with Crippen LogP contribution in [0.3, 0.4) is 0 Å². The minimum atomic E-state index is -2.97. The Balaban J connectivity index is 1.75. The van der Waals surface area contributed by atoms with Gasteiger partial charge in [-0.1, -0.05) is 30.3 Å². The molecular weight excluding hydrogens is 362 g/mol. The molecule has 144 valence electrons. The van der Waals surface area contributed by atoms with Gasteiger partial charge in [-0.25, -0.2) is 8.42 Å². The number of rotatable bonds is 6. The van der Waals surface area contributed by atoms with Crippen molar-refractivity contribution >= 4 is 21.4 Å². The number of anilines is 1. The van der Waals surface area contributed by atoms with Crippen molar-refractivity contribution < 1.29 is 13.2 Å². The van der Waals surface area contributed by atoms with Gasteiger partial charge in [0.15, 0.2) is 9.84 Å². The van der Waals surface area contributed by atoms with E-state index in [0.717, 1.165) is 11.3 Å². The fourth-order valence-corrected chi connectivity index (χ4v) is 5.22. The average Bonchev–Trinajstić information content (AvgIpc) is 3.02. The third-order valence-corrected chi connectivity index (χ3v) is 6.70. The van der Waals surface area contributed by atoms with Crippen LogP contribution in [0.5, 0.6) is 0 Å². The molecule has 1 aliphatic heterocycles. The van der Waals surface area contributed by atoms with Crippen LogP contribution in [-0.2, 0) is 9.84 Å². The number of amides is 1. The Morgan fingerprint density at radius 3 is 2.67 bits per heavy atom. The quantitative estimate of drug-likeness (QED) is 0.824. The number of nitrogens with zero attached hydrogens (tertiary/aromatic N) is 2. The maximum absolute atomic E-state index is 12.6. The number of carbonyl (C=O) groups is 1. The molecule has 3 rings (SSSR count). The van der Waals surface area contributed by atoms with Crippen LogP contribution < -0.4 is 10.2 Å². The minimum Gasteiger partial charge on any atom is -0.368 e. The van der Waals surface area contributed by atoms with E-state index in [9.17, 15) is 13.2 Å². The minimum absolute atomic E-state index is 0.0541. The zero-order valence-electron chi connectivity index (χ0n) is 15.6. The van der Waals surface area contributed by atoms with Crippen molar-refractivity contribution in [3.05, 3.63) is 59.9 Å². The maximum atomic E-state index is 12.6. The summed E-state index contributed by atoms with van der Waals surface area (Å²) in [5, 5.41) is 2.96. The summed E-state index contributed by atoms with van der Waals surface area (Å²) in [5.41, 5.74) is 2.18. The van der Waals surface area contributed by atoms with E-state index < -0.39 is 9.84 Å². The van der Waals surface area contributed by atoms with Crippen LogP contribution in [0.2, 0.25) is 0 Å². The van der Waals surface area contributed by atoms with E-state index in [1.54, 1.807) is 12.3 Å². The first-order chi connectivity index (χ1) is 12.9. The van der Waals surface area contributed by atoms with E-state index in [1.165, 1.54) is 0 Å². The third-order valence-electron chi connectivity index (χ3n) is 4.94.